The predicted molar refractivity (Wildman–Crippen MR) is 103 cm³/mol. The highest BCUT2D eigenvalue weighted by Crippen LogP contribution is 2.26. The van der Waals surface area contributed by atoms with Gasteiger partial charge in [-0.1, -0.05) is 72.3 Å². The van der Waals surface area contributed by atoms with Gasteiger partial charge in [0.05, 0.1) is 0 Å². The molecule has 0 radical (unpaired) electrons. The maximum atomic E-state index is 12.3. The van der Waals surface area contributed by atoms with Gasteiger partial charge in [-0.15, -0.1) is 0 Å². The summed E-state index contributed by atoms with van der Waals surface area (Å²) in [6.45, 7) is 5.10. The van der Waals surface area contributed by atoms with Gasteiger partial charge in [0, 0.05) is 5.56 Å². The molecule has 0 aliphatic carbocycles. The molecule has 0 aliphatic heterocycles. The van der Waals surface area contributed by atoms with E-state index in [0.717, 1.165) is 16.7 Å². The normalized spacial score (nSPS) is 11.4. The van der Waals surface area contributed by atoms with Gasteiger partial charge >= 0.3 is 0 Å². The van der Waals surface area contributed by atoms with E-state index in [4.69, 9.17) is 0 Å². The van der Waals surface area contributed by atoms with Crippen LogP contribution in [0.1, 0.15) is 29.8 Å². The third-order valence-corrected chi connectivity index (χ3v) is 4.28. The minimum absolute atomic E-state index is 0.273. The van der Waals surface area contributed by atoms with Crippen LogP contribution in [0.3, 0.4) is 0 Å². The van der Waals surface area contributed by atoms with Crippen molar-refractivity contribution in [2.24, 2.45) is 0 Å². The molecule has 0 saturated heterocycles. The summed E-state index contributed by atoms with van der Waals surface area (Å²) in [4.78, 5) is 12.3. The lowest BCUT2D eigenvalue weighted by Crippen LogP contribution is -2.31. The molecule has 0 fully saturated rings. The Kier molecular flexibility index (Phi) is 4.56. The average Bonchev–Trinajstić information content (AvgIpc) is 2.61. The number of Topliss-reactive ketones (excluding diaryl/α,β-unsaturated/α-hetero) is 1. The van der Waals surface area contributed by atoms with Crippen LogP contribution in [-0.4, -0.2) is 16.5 Å². The molecule has 0 aliphatic rings. The van der Waals surface area contributed by atoms with Gasteiger partial charge in [0.2, 0.25) is 0 Å². The molecule has 0 atom stereocenters. The molecule has 0 heterocycles. The number of aryl methyl sites for hydroxylation is 1. The lowest BCUT2D eigenvalue weighted by molar-refractivity contribution is 0.0488. The average molecular weight is 330 g/mol. The lowest BCUT2D eigenvalue weighted by Gasteiger charge is -2.16. The second-order valence-electron chi connectivity index (χ2n) is 6.91. The van der Waals surface area contributed by atoms with Crippen molar-refractivity contribution in [1.29, 1.82) is 0 Å². The lowest BCUT2D eigenvalue weighted by atomic mass is 9.93. The van der Waals surface area contributed by atoms with Crippen LogP contribution in [0.15, 0.2) is 72.8 Å². The minimum Gasteiger partial charge on any atom is -0.382 e. The molecule has 0 bridgehead atoms. The zero-order chi connectivity index (χ0) is 18.0. The largest absolute Gasteiger partial charge is 0.382 e. The van der Waals surface area contributed by atoms with Crippen LogP contribution in [0.2, 0.25) is 0 Å². The van der Waals surface area contributed by atoms with E-state index < -0.39 is 5.60 Å². The van der Waals surface area contributed by atoms with Gasteiger partial charge in [-0.25, -0.2) is 0 Å². The molecule has 2 heteroatoms. The van der Waals surface area contributed by atoms with Crippen LogP contribution in [0, 0.1) is 6.92 Å². The van der Waals surface area contributed by atoms with Crippen LogP contribution in [0.5, 0.6) is 0 Å². The number of rotatable bonds is 4. The van der Waals surface area contributed by atoms with Gasteiger partial charge in [-0.2, -0.15) is 0 Å². The molecule has 25 heavy (non-hydrogen) atoms. The number of hydrogen-bond donors (Lipinski definition) is 1. The number of aliphatic hydroxyl groups is 1. The van der Waals surface area contributed by atoms with Gasteiger partial charge in [0.1, 0.15) is 5.60 Å². The summed E-state index contributed by atoms with van der Waals surface area (Å²) in [7, 11) is 0. The Morgan fingerprint density at radius 3 is 1.76 bits per heavy atom. The highest BCUT2D eigenvalue weighted by molar-refractivity contribution is 6.02. The van der Waals surface area contributed by atoms with E-state index in [1.54, 1.807) is 6.07 Å². The molecule has 0 saturated carbocycles. The standard InChI is InChI=1S/C23H22O2/c1-16-7-9-17(10-8-16)18-11-13-19(14-12-18)20-5-4-6-21(15-20)22(24)23(2,3)25/h4-15,25H,1-3H3. The zero-order valence-corrected chi connectivity index (χ0v) is 14.8. The first kappa shape index (κ1) is 17.1. The molecular weight excluding hydrogens is 308 g/mol. The fourth-order valence-corrected chi connectivity index (χ4v) is 2.79. The third kappa shape index (κ3) is 3.86. The van der Waals surface area contributed by atoms with Gasteiger partial charge in [-0.05, 0) is 49.1 Å². The molecule has 3 aromatic carbocycles. The van der Waals surface area contributed by atoms with Crippen LogP contribution in [0.25, 0.3) is 22.3 Å². The summed E-state index contributed by atoms with van der Waals surface area (Å²) in [5.41, 5.74) is 4.75. The van der Waals surface area contributed by atoms with Crippen molar-refractivity contribution >= 4 is 5.78 Å². The molecule has 0 unspecified atom stereocenters. The first-order chi connectivity index (χ1) is 11.8. The number of ketones is 1. The van der Waals surface area contributed by atoms with Crippen molar-refractivity contribution in [2.75, 3.05) is 0 Å². The Bertz CT molecular complexity index is 883. The maximum Gasteiger partial charge on any atom is 0.193 e. The smallest absolute Gasteiger partial charge is 0.193 e. The summed E-state index contributed by atoms with van der Waals surface area (Å²) in [6.07, 6.45) is 0. The topological polar surface area (TPSA) is 37.3 Å². The number of benzene rings is 3. The predicted octanol–water partition coefficient (Wildman–Crippen LogP) is 5.28. The van der Waals surface area contributed by atoms with Gasteiger partial charge < -0.3 is 5.11 Å². The van der Waals surface area contributed by atoms with E-state index in [-0.39, 0.29) is 5.78 Å². The van der Waals surface area contributed by atoms with E-state index in [0.29, 0.717) is 5.56 Å². The molecule has 3 rings (SSSR count). The maximum absolute atomic E-state index is 12.3. The fourth-order valence-electron chi connectivity index (χ4n) is 2.79. The first-order valence-electron chi connectivity index (χ1n) is 8.39. The van der Waals surface area contributed by atoms with Gasteiger partial charge in [-0.3, -0.25) is 4.79 Å². The Morgan fingerprint density at radius 2 is 1.24 bits per heavy atom. The van der Waals surface area contributed by atoms with Crippen molar-refractivity contribution < 1.29 is 9.90 Å². The molecule has 0 aromatic heterocycles. The first-order valence-corrected chi connectivity index (χ1v) is 8.39. The van der Waals surface area contributed by atoms with Crippen molar-refractivity contribution in [3.8, 4) is 22.3 Å². The molecule has 126 valence electrons. The minimum atomic E-state index is -1.37. The Labute approximate surface area is 148 Å². The summed E-state index contributed by atoms with van der Waals surface area (Å²) in [5.74, 6) is -0.273. The molecule has 3 aromatic rings. The van der Waals surface area contributed by atoms with Gasteiger partial charge in [0.15, 0.2) is 5.78 Å². The molecule has 0 amide bonds. The molecule has 1 N–H and O–H groups in total. The number of carbonyl (C=O) groups excluding carboxylic acids is 1. The Hall–Kier alpha value is -2.71. The monoisotopic (exact) mass is 330 g/mol. The molecule has 2 nitrogen and oxygen atoms in total. The van der Waals surface area contributed by atoms with Crippen LogP contribution >= 0.6 is 0 Å². The summed E-state index contributed by atoms with van der Waals surface area (Å²) in [6, 6.07) is 24.1. The van der Waals surface area contributed by atoms with Crippen LogP contribution in [-0.2, 0) is 0 Å². The Balaban J connectivity index is 1.90. The van der Waals surface area contributed by atoms with Crippen molar-refractivity contribution in [2.45, 2.75) is 26.4 Å². The molecule has 0 spiro atoms. The Morgan fingerprint density at radius 1 is 0.760 bits per heavy atom. The highest BCUT2D eigenvalue weighted by Gasteiger charge is 2.25. The summed E-state index contributed by atoms with van der Waals surface area (Å²) in [5, 5.41) is 9.93. The van der Waals surface area contributed by atoms with E-state index in [1.807, 2.05) is 18.2 Å². The zero-order valence-electron chi connectivity index (χ0n) is 14.8. The quantitative estimate of drug-likeness (QED) is 0.661. The molecular formula is C23H22O2. The second-order valence-corrected chi connectivity index (χ2v) is 6.91. The van der Waals surface area contributed by atoms with Crippen molar-refractivity contribution in [1.82, 2.24) is 0 Å². The number of carbonyl (C=O) groups is 1. The van der Waals surface area contributed by atoms with E-state index in [2.05, 4.69) is 55.5 Å². The highest BCUT2D eigenvalue weighted by atomic mass is 16.3. The third-order valence-electron chi connectivity index (χ3n) is 4.28. The van der Waals surface area contributed by atoms with Gasteiger partial charge in [0.25, 0.3) is 0 Å². The van der Waals surface area contributed by atoms with E-state index in [9.17, 15) is 9.90 Å². The van der Waals surface area contributed by atoms with Crippen LogP contribution in [0.4, 0.5) is 0 Å². The summed E-state index contributed by atoms with van der Waals surface area (Å²) >= 11 is 0. The fraction of sp³-hybridized carbons (Fsp3) is 0.174. The second kappa shape index (κ2) is 6.66. The van der Waals surface area contributed by atoms with Crippen molar-refractivity contribution in [3.05, 3.63) is 83.9 Å². The van der Waals surface area contributed by atoms with E-state index in [1.165, 1.54) is 25.0 Å². The van der Waals surface area contributed by atoms with Crippen LogP contribution < -0.4 is 0 Å². The summed E-state index contributed by atoms with van der Waals surface area (Å²) < 4.78 is 0. The number of hydrogen-bond acceptors (Lipinski definition) is 2. The van der Waals surface area contributed by atoms with Crippen molar-refractivity contribution in [3.63, 3.8) is 0 Å². The SMILES string of the molecule is Cc1ccc(-c2ccc(-c3cccc(C(=O)C(C)(C)O)c3)cc2)cc1. The van der Waals surface area contributed by atoms with E-state index >= 15 is 0 Å².